The van der Waals surface area contributed by atoms with Gasteiger partial charge in [0.25, 0.3) is 5.91 Å². The van der Waals surface area contributed by atoms with Crippen molar-refractivity contribution in [1.29, 1.82) is 0 Å². The number of carbonyl (C=O) groups is 2. The number of aryl methyl sites for hydroxylation is 1. The molecule has 0 saturated carbocycles. The first kappa shape index (κ1) is 24.4. The van der Waals surface area contributed by atoms with Crippen LogP contribution in [0.2, 0.25) is 5.15 Å². The number of aromatic nitrogens is 3. The van der Waals surface area contributed by atoms with Gasteiger partial charge in [-0.1, -0.05) is 29.9 Å². The minimum atomic E-state index is -0.493. The molecule has 32 heavy (non-hydrogen) atoms. The molecule has 0 aliphatic carbocycles. The Labute approximate surface area is 195 Å². The molecule has 0 unspecified atom stereocenters. The highest BCUT2D eigenvalue weighted by Gasteiger charge is 2.34. The van der Waals surface area contributed by atoms with Crippen LogP contribution in [0.15, 0.2) is 0 Å². The second-order valence-corrected chi connectivity index (χ2v) is 8.50. The maximum atomic E-state index is 12.7. The zero-order valence-corrected chi connectivity index (χ0v) is 19.9. The Bertz CT molecular complexity index is 949. The SMILES string of the molecule is CCOC(=O)c1sc(N2CC[C@@H](NC(=O)c3nc(Cl)c(CC)[nH]3)[C@@H](OCC)C2)nc1CO. The maximum Gasteiger partial charge on any atom is 0.350 e. The zero-order chi connectivity index (χ0) is 23.3. The van der Waals surface area contributed by atoms with Crippen molar-refractivity contribution in [3.8, 4) is 0 Å². The zero-order valence-electron chi connectivity index (χ0n) is 18.3. The van der Waals surface area contributed by atoms with Crippen molar-refractivity contribution in [1.82, 2.24) is 20.3 Å². The van der Waals surface area contributed by atoms with E-state index in [2.05, 4.69) is 20.3 Å². The molecule has 0 spiro atoms. The van der Waals surface area contributed by atoms with Crippen molar-refractivity contribution < 1.29 is 24.2 Å². The van der Waals surface area contributed by atoms with Gasteiger partial charge in [-0.25, -0.2) is 14.8 Å². The molecule has 1 saturated heterocycles. The van der Waals surface area contributed by atoms with Crippen LogP contribution in [0.3, 0.4) is 0 Å². The van der Waals surface area contributed by atoms with Crippen LogP contribution in [-0.4, -0.2) is 70.4 Å². The molecule has 3 rings (SSSR count). The Hall–Kier alpha value is -2.21. The fraction of sp³-hybridized carbons (Fsp3) is 0.600. The Morgan fingerprint density at radius 3 is 2.72 bits per heavy atom. The van der Waals surface area contributed by atoms with E-state index in [0.29, 0.717) is 59.1 Å². The summed E-state index contributed by atoms with van der Waals surface area (Å²) in [5, 5.41) is 13.5. The number of halogens is 1. The van der Waals surface area contributed by atoms with E-state index in [4.69, 9.17) is 21.1 Å². The predicted octanol–water partition coefficient (Wildman–Crippen LogP) is 2.16. The standard InChI is InChI=1S/C20H28ClN5O5S/c1-4-11-16(21)25-17(22-11)18(28)23-12-7-8-26(9-14(12)30-5-2)20-24-13(10-27)15(32-20)19(29)31-6-3/h12,14,27H,4-10H2,1-3H3,(H,22,25)(H,23,28)/t12-,14+/m1/s1. The average molecular weight is 486 g/mol. The summed E-state index contributed by atoms with van der Waals surface area (Å²) >= 11 is 7.24. The van der Waals surface area contributed by atoms with Crippen molar-refractivity contribution in [2.45, 2.75) is 52.4 Å². The van der Waals surface area contributed by atoms with Crippen molar-refractivity contribution in [2.75, 3.05) is 31.2 Å². The summed E-state index contributed by atoms with van der Waals surface area (Å²) in [6.07, 6.45) is 0.964. The second kappa shape index (κ2) is 11.1. The summed E-state index contributed by atoms with van der Waals surface area (Å²) in [6.45, 7) is 6.98. The van der Waals surface area contributed by atoms with Crippen molar-refractivity contribution in [3.05, 3.63) is 27.2 Å². The molecule has 2 aromatic rings. The molecule has 2 atom stereocenters. The summed E-state index contributed by atoms with van der Waals surface area (Å²) in [4.78, 5) is 38.7. The molecule has 12 heteroatoms. The first-order valence-corrected chi connectivity index (χ1v) is 11.8. The monoisotopic (exact) mass is 485 g/mol. The quantitative estimate of drug-likeness (QED) is 0.461. The number of thiazole rings is 1. The number of piperidine rings is 1. The van der Waals surface area contributed by atoms with Crippen molar-refractivity contribution >= 4 is 39.9 Å². The molecule has 1 amide bonds. The Morgan fingerprint density at radius 2 is 2.09 bits per heavy atom. The van der Waals surface area contributed by atoms with Crippen molar-refractivity contribution in [3.63, 3.8) is 0 Å². The second-order valence-electron chi connectivity index (χ2n) is 7.17. The number of esters is 1. The number of hydrogen-bond donors (Lipinski definition) is 3. The van der Waals surface area contributed by atoms with E-state index in [1.54, 1.807) is 6.92 Å². The lowest BCUT2D eigenvalue weighted by molar-refractivity contribution is 0.0271. The molecule has 1 aliphatic heterocycles. The average Bonchev–Trinajstić information content (AvgIpc) is 3.38. The van der Waals surface area contributed by atoms with Crippen LogP contribution in [0.25, 0.3) is 0 Å². The van der Waals surface area contributed by atoms with Crippen LogP contribution in [0, 0.1) is 0 Å². The van der Waals surface area contributed by atoms with Gasteiger partial charge in [0, 0.05) is 19.7 Å². The lowest BCUT2D eigenvalue weighted by atomic mass is 10.0. The molecule has 176 valence electrons. The number of amides is 1. The van der Waals surface area contributed by atoms with E-state index >= 15 is 0 Å². The first-order chi connectivity index (χ1) is 15.4. The Morgan fingerprint density at radius 1 is 1.31 bits per heavy atom. The minimum absolute atomic E-state index is 0.177. The van der Waals surface area contributed by atoms with E-state index in [0.717, 1.165) is 0 Å². The van der Waals surface area contributed by atoms with Gasteiger partial charge in [-0.05, 0) is 26.7 Å². The first-order valence-electron chi connectivity index (χ1n) is 10.6. The van der Waals surface area contributed by atoms with E-state index < -0.39 is 5.97 Å². The molecule has 1 fully saturated rings. The third kappa shape index (κ3) is 5.40. The number of imidazole rings is 1. The van der Waals surface area contributed by atoms with Crippen LogP contribution in [0.1, 0.15) is 58.9 Å². The lowest BCUT2D eigenvalue weighted by Gasteiger charge is -2.38. The van der Waals surface area contributed by atoms with Gasteiger partial charge in [0.1, 0.15) is 4.88 Å². The molecule has 10 nitrogen and oxygen atoms in total. The lowest BCUT2D eigenvalue weighted by Crippen LogP contribution is -2.55. The van der Waals surface area contributed by atoms with E-state index in [1.807, 2.05) is 18.7 Å². The number of H-pyrrole nitrogens is 1. The summed E-state index contributed by atoms with van der Waals surface area (Å²) in [6, 6.07) is -0.227. The molecule has 1 aliphatic rings. The summed E-state index contributed by atoms with van der Waals surface area (Å²) in [5.74, 6) is -0.653. The number of rotatable bonds is 9. The fourth-order valence-corrected chi connectivity index (χ4v) is 4.81. The number of carbonyl (C=O) groups excluding carboxylic acids is 2. The molecule has 0 radical (unpaired) electrons. The molecule has 2 aromatic heterocycles. The van der Waals surface area contributed by atoms with Crippen LogP contribution < -0.4 is 10.2 Å². The summed E-state index contributed by atoms with van der Waals surface area (Å²) in [5.41, 5.74) is 1.02. The van der Waals surface area contributed by atoms with Crippen LogP contribution in [0.5, 0.6) is 0 Å². The van der Waals surface area contributed by atoms with Gasteiger partial charge in [-0.15, -0.1) is 0 Å². The Balaban J connectivity index is 1.72. The van der Waals surface area contributed by atoms with Gasteiger partial charge in [0.2, 0.25) is 0 Å². The third-order valence-electron chi connectivity index (χ3n) is 5.12. The molecule has 0 aromatic carbocycles. The largest absolute Gasteiger partial charge is 0.462 e. The van der Waals surface area contributed by atoms with Gasteiger partial charge in [0.15, 0.2) is 16.1 Å². The van der Waals surface area contributed by atoms with E-state index in [9.17, 15) is 14.7 Å². The van der Waals surface area contributed by atoms with Crippen LogP contribution >= 0.6 is 22.9 Å². The normalized spacial score (nSPS) is 18.6. The number of ether oxygens (including phenoxy) is 2. The molecule has 3 N–H and O–H groups in total. The maximum absolute atomic E-state index is 12.7. The highest BCUT2D eigenvalue weighted by molar-refractivity contribution is 7.17. The topological polar surface area (TPSA) is 130 Å². The summed E-state index contributed by atoms with van der Waals surface area (Å²) < 4.78 is 11.0. The third-order valence-corrected chi connectivity index (χ3v) is 6.57. The van der Waals surface area contributed by atoms with Crippen LogP contribution in [-0.2, 0) is 22.5 Å². The number of hydrogen-bond acceptors (Lipinski definition) is 9. The number of aliphatic hydroxyl groups is 1. The highest BCUT2D eigenvalue weighted by Crippen LogP contribution is 2.30. The van der Waals surface area contributed by atoms with Gasteiger partial charge < -0.3 is 29.8 Å². The number of aromatic amines is 1. The number of aliphatic hydroxyl groups excluding tert-OH is 1. The number of nitrogens with zero attached hydrogens (tertiary/aromatic N) is 3. The van der Waals surface area contributed by atoms with Gasteiger partial charge in [0.05, 0.1) is 36.7 Å². The Kier molecular flexibility index (Phi) is 8.46. The molecule has 0 bridgehead atoms. The van der Waals surface area contributed by atoms with Gasteiger partial charge in [-0.3, -0.25) is 4.79 Å². The van der Waals surface area contributed by atoms with E-state index in [1.165, 1.54) is 11.3 Å². The molecular weight excluding hydrogens is 458 g/mol. The number of anilines is 1. The fourth-order valence-electron chi connectivity index (χ4n) is 3.54. The van der Waals surface area contributed by atoms with Gasteiger partial charge >= 0.3 is 5.97 Å². The van der Waals surface area contributed by atoms with Gasteiger partial charge in [-0.2, -0.15) is 0 Å². The number of nitrogens with one attached hydrogen (secondary N) is 2. The minimum Gasteiger partial charge on any atom is -0.462 e. The smallest absolute Gasteiger partial charge is 0.350 e. The highest BCUT2D eigenvalue weighted by atomic mass is 35.5. The molecule has 3 heterocycles. The van der Waals surface area contributed by atoms with Crippen LogP contribution in [0.4, 0.5) is 5.13 Å². The van der Waals surface area contributed by atoms with Crippen molar-refractivity contribution in [2.24, 2.45) is 0 Å². The predicted molar refractivity (Wildman–Crippen MR) is 120 cm³/mol. The van der Waals surface area contributed by atoms with E-state index in [-0.39, 0.29) is 37.1 Å². The summed E-state index contributed by atoms with van der Waals surface area (Å²) in [7, 11) is 0. The molecular formula is C20H28ClN5O5S.